The van der Waals surface area contributed by atoms with Gasteiger partial charge in [0.15, 0.2) is 0 Å². The van der Waals surface area contributed by atoms with Crippen molar-refractivity contribution in [2.24, 2.45) is 5.73 Å². The predicted molar refractivity (Wildman–Crippen MR) is 87.3 cm³/mol. The van der Waals surface area contributed by atoms with Crippen LogP contribution >= 0.6 is 0 Å². The number of rotatable bonds is 4. The summed E-state index contributed by atoms with van der Waals surface area (Å²) in [5, 5.41) is 11.2. The third kappa shape index (κ3) is 3.14. The summed E-state index contributed by atoms with van der Waals surface area (Å²) in [5.41, 5.74) is 6.34. The van der Waals surface area contributed by atoms with Crippen molar-refractivity contribution in [2.45, 2.75) is 37.8 Å². The molecule has 2 fully saturated rings. The molecule has 0 spiro atoms. The zero-order valence-electron chi connectivity index (χ0n) is 13.1. The van der Waals surface area contributed by atoms with E-state index in [1.165, 1.54) is 0 Å². The van der Waals surface area contributed by atoms with Crippen LogP contribution in [0.5, 0.6) is 0 Å². The summed E-state index contributed by atoms with van der Waals surface area (Å²) in [7, 11) is 0. The number of nitro benzene ring substituents is 1. The number of benzene rings is 1. The van der Waals surface area contributed by atoms with E-state index in [0.29, 0.717) is 11.7 Å². The van der Waals surface area contributed by atoms with E-state index in [-0.39, 0.29) is 22.6 Å². The van der Waals surface area contributed by atoms with Crippen LogP contribution in [0.15, 0.2) is 24.3 Å². The minimum Gasteiger partial charge on any atom is -0.368 e. The number of hydrogen-bond donors (Lipinski definition) is 1. The third-order valence-corrected chi connectivity index (χ3v) is 4.98. The lowest BCUT2D eigenvalue weighted by Gasteiger charge is -2.39. The molecule has 7 heteroatoms. The molecular weight excluding hydrogens is 296 g/mol. The molecule has 7 nitrogen and oxygen atoms in total. The molecule has 2 aliphatic heterocycles. The molecule has 3 rings (SSSR count). The van der Waals surface area contributed by atoms with Gasteiger partial charge >= 0.3 is 0 Å². The Labute approximate surface area is 135 Å². The quantitative estimate of drug-likeness (QED) is 0.671. The van der Waals surface area contributed by atoms with Crippen molar-refractivity contribution in [2.75, 3.05) is 24.5 Å². The molecule has 1 atom stereocenters. The van der Waals surface area contributed by atoms with Gasteiger partial charge in [0.05, 0.1) is 11.0 Å². The van der Waals surface area contributed by atoms with E-state index in [4.69, 9.17) is 5.73 Å². The Morgan fingerprint density at radius 1 is 1.17 bits per heavy atom. The number of amides is 1. The second-order valence-corrected chi connectivity index (χ2v) is 6.26. The summed E-state index contributed by atoms with van der Waals surface area (Å²) in [4.78, 5) is 26.7. The van der Waals surface area contributed by atoms with Gasteiger partial charge in [-0.05, 0) is 38.3 Å². The fourth-order valence-corrected chi connectivity index (χ4v) is 3.86. The molecule has 0 radical (unpaired) electrons. The highest BCUT2D eigenvalue weighted by Crippen LogP contribution is 2.32. The lowest BCUT2D eigenvalue weighted by molar-refractivity contribution is -0.384. The van der Waals surface area contributed by atoms with E-state index in [2.05, 4.69) is 9.80 Å². The maximum Gasteiger partial charge on any atom is 0.292 e. The summed E-state index contributed by atoms with van der Waals surface area (Å²) in [6, 6.07) is 7.08. The van der Waals surface area contributed by atoms with Gasteiger partial charge in [0, 0.05) is 25.2 Å². The molecule has 2 saturated heterocycles. The zero-order chi connectivity index (χ0) is 16.4. The van der Waals surface area contributed by atoms with Crippen LogP contribution in [0, 0.1) is 10.1 Å². The summed E-state index contributed by atoms with van der Waals surface area (Å²) < 4.78 is 0. The fraction of sp³-hybridized carbons (Fsp3) is 0.562. The van der Waals surface area contributed by atoms with Crippen LogP contribution < -0.4 is 10.6 Å². The Bertz CT molecular complexity index is 599. The lowest BCUT2D eigenvalue weighted by atomic mass is 10.0. The van der Waals surface area contributed by atoms with E-state index in [9.17, 15) is 14.9 Å². The highest BCUT2D eigenvalue weighted by atomic mass is 16.6. The van der Waals surface area contributed by atoms with Gasteiger partial charge in [0.1, 0.15) is 5.69 Å². The molecule has 0 aromatic heterocycles. The van der Waals surface area contributed by atoms with Crippen molar-refractivity contribution in [1.82, 2.24) is 4.90 Å². The van der Waals surface area contributed by atoms with Gasteiger partial charge in [-0.2, -0.15) is 0 Å². The van der Waals surface area contributed by atoms with Crippen LogP contribution in [0.2, 0.25) is 0 Å². The molecule has 1 amide bonds. The summed E-state index contributed by atoms with van der Waals surface area (Å²) >= 11 is 0. The minimum atomic E-state index is -0.328. The van der Waals surface area contributed by atoms with Crippen molar-refractivity contribution in [1.29, 1.82) is 0 Å². The van der Waals surface area contributed by atoms with Crippen LogP contribution in [0.25, 0.3) is 0 Å². The number of para-hydroxylation sites is 2. The van der Waals surface area contributed by atoms with Crippen LogP contribution in [0.4, 0.5) is 11.4 Å². The number of carbonyl (C=O) groups excluding carboxylic acids is 1. The second kappa shape index (κ2) is 6.54. The Hall–Kier alpha value is -2.15. The highest BCUT2D eigenvalue weighted by Gasteiger charge is 2.36. The number of piperidine rings is 1. The van der Waals surface area contributed by atoms with Gasteiger partial charge in [0.25, 0.3) is 5.69 Å². The summed E-state index contributed by atoms with van der Waals surface area (Å²) in [5.74, 6) is -0.233. The van der Waals surface area contributed by atoms with Gasteiger partial charge < -0.3 is 10.6 Å². The minimum absolute atomic E-state index is 0.141. The highest BCUT2D eigenvalue weighted by molar-refractivity contribution is 5.80. The van der Waals surface area contributed by atoms with Crippen LogP contribution in [0.1, 0.15) is 25.7 Å². The predicted octanol–water partition coefficient (Wildman–Crippen LogP) is 1.51. The summed E-state index contributed by atoms with van der Waals surface area (Å²) in [6.07, 6.45) is 3.66. The fourth-order valence-electron chi connectivity index (χ4n) is 3.86. The maximum absolute atomic E-state index is 11.6. The van der Waals surface area contributed by atoms with Crippen LogP contribution in [0.3, 0.4) is 0 Å². The standard InChI is InChI=1S/C16H22N4O3/c17-16(21)15-6-3-9-19(15)12-7-10-18(11-8-12)13-4-1-2-5-14(13)20(22)23/h1-2,4-5,12,15H,3,6-11H2,(H2,17,21)/t15-/m1/s1. The number of likely N-dealkylation sites (tertiary alicyclic amines) is 1. The number of nitrogens with two attached hydrogens (primary N) is 1. The smallest absolute Gasteiger partial charge is 0.292 e. The van der Waals surface area contributed by atoms with Gasteiger partial charge in [-0.1, -0.05) is 12.1 Å². The van der Waals surface area contributed by atoms with Crippen LogP contribution in [-0.2, 0) is 4.79 Å². The van der Waals surface area contributed by atoms with E-state index in [1.807, 2.05) is 6.07 Å². The van der Waals surface area contributed by atoms with Gasteiger partial charge in [-0.25, -0.2) is 0 Å². The molecular formula is C16H22N4O3. The number of nitrogens with zero attached hydrogens (tertiary/aromatic N) is 3. The summed E-state index contributed by atoms with van der Waals surface area (Å²) in [6.45, 7) is 2.44. The Morgan fingerprint density at radius 3 is 2.52 bits per heavy atom. The topological polar surface area (TPSA) is 92.7 Å². The van der Waals surface area contributed by atoms with Crippen molar-refractivity contribution in [3.05, 3.63) is 34.4 Å². The number of nitro groups is 1. The zero-order valence-corrected chi connectivity index (χ0v) is 13.1. The molecule has 2 aliphatic rings. The molecule has 0 aliphatic carbocycles. The maximum atomic E-state index is 11.6. The molecule has 0 saturated carbocycles. The van der Waals surface area contributed by atoms with E-state index < -0.39 is 0 Å². The molecule has 2 heterocycles. The van der Waals surface area contributed by atoms with Crippen molar-refractivity contribution < 1.29 is 9.72 Å². The first-order valence-electron chi connectivity index (χ1n) is 8.11. The monoisotopic (exact) mass is 318 g/mol. The second-order valence-electron chi connectivity index (χ2n) is 6.26. The molecule has 1 aromatic rings. The van der Waals surface area contributed by atoms with Crippen LogP contribution in [-0.4, -0.2) is 47.4 Å². The average molecular weight is 318 g/mol. The SMILES string of the molecule is NC(=O)[C@H]1CCCN1C1CCN(c2ccccc2[N+](=O)[O-])CC1. The Morgan fingerprint density at radius 2 is 1.87 bits per heavy atom. The number of primary amides is 1. The first-order valence-corrected chi connectivity index (χ1v) is 8.11. The van der Waals surface area contributed by atoms with Crippen molar-refractivity contribution >= 4 is 17.3 Å². The van der Waals surface area contributed by atoms with E-state index >= 15 is 0 Å². The normalized spacial score (nSPS) is 23.1. The molecule has 23 heavy (non-hydrogen) atoms. The van der Waals surface area contributed by atoms with E-state index in [0.717, 1.165) is 45.3 Å². The lowest BCUT2D eigenvalue weighted by Crippen LogP contribution is -2.50. The molecule has 1 aromatic carbocycles. The Kier molecular flexibility index (Phi) is 4.47. The number of anilines is 1. The first kappa shape index (κ1) is 15.7. The van der Waals surface area contributed by atoms with E-state index in [1.54, 1.807) is 18.2 Å². The van der Waals surface area contributed by atoms with Gasteiger partial charge in [0.2, 0.25) is 5.91 Å². The number of hydrogen-bond acceptors (Lipinski definition) is 5. The van der Waals surface area contributed by atoms with Crippen molar-refractivity contribution in [3.63, 3.8) is 0 Å². The van der Waals surface area contributed by atoms with Crippen molar-refractivity contribution in [3.8, 4) is 0 Å². The first-order chi connectivity index (χ1) is 11.1. The molecule has 0 bridgehead atoms. The molecule has 2 N–H and O–H groups in total. The average Bonchev–Trinajstić information content (AvgIpc) is 3.05. The Balaban J connectivity index is 1.67. The third-order valence-electron chi connectivity index (χ3n) is 4.98. The van der Waals surface area contributed by atoms with Gasteiger partial charge in [-0.15, -0.1) is 0 Å². The molecule has 0 unspecified atom stereocenters. The molecule has 124 valence electrons. The largest absolute Gasteiger partial charge is 0.368 e. The number of carbonyl (C=O) groups is 1. The van der Waals surface area contributed by atoms with Gasteiger partial charge in [-0.3, -0.25) is 19.8 Å².